The molecule has 0 atom stereocenters. The minimum atomic E-state index is 0.889. The van der Waals surface area contributed by atoms with E-state index in [9.17, 15) is 0 Å². The minimum absolute atomic E-state index is 0.889. The van der Waals surface area contributed by atoms with Crippen LogP contribution in [0.1, 0.15) is 18.7 Å². The van der Waals surface area contributed by atoms with Crippen LogP contribution in [0.25, 0.3) is 0 Å². The fourth-order valence-electron chi connectivity index (χ4n) is 2.19. The van der Waals surface area contributed by atoms with Gasteiger partial charge in [0.1, 0.15) is 5.82 Å². The van der Waals surface area contributed by atoms with E-state index in [0.29, 0.717) is 0 Å². The molecule has 0 unspecified atom stereocenters. The Hall–Kier alpha value is -1.52. The first kappa shape index (κ1) is 12.0. The molecule has 5 nitrogen and oxygen atoms in total. The lowest BCUT2D eigenvalue weighted by molar-refractivity contribution is 0.488. The highest BCUT2D eigenvalue weighted by Gasteiger charge is 2.14. The van der Waals surface area contributed by atoms with Gasteiger partial charge in [0, 0.05) is 45.6 Å². The summed E-state index contributed by atoms with van der Waals surface area (Å²) in [6, 6.07) is 0. The Balaban J connectivity index is 1.79. The van der Waals surface area contributed by atoms with Crippen LogP contribution in [0.15, 0.2) is 17.4 Å². The van der Waals surface area contributed by atoms with Gasteiger partial charge in [0.2, 0.25) is 0 Å². The third-order valence-electron chi connectivity index (χ3n) is 3.18. The molecule has 2 rings (SSSR count). The molecule has 0 aromatic carbocycles. The van der Waals surface area contributed by atoms with E-state index in [4.69, 9.17) is 0 Å². The largest absolute Gasteiger partial charge is 0.354 e. The van der Waals surface area contributed by atoms with E-state index in [1.165, 1.54) is 12.8 Å². The number of guanidine groups is 1. The maximum atomic E-state index is 4.32. The average molecular weight is 235 g/mol. The first-order valence-corrected chi connectivity index (χ1v) is 6.24. The van der Waals surface area contributed by atoms with Gasteiger partial charge in [-0.15, -0.1) is 0 Å². The maximum Gasteiger partial charge on any atom is 0.193 e. The number of aromatic nitrogens is 2. The van der Waals surface area contributed by atoms with Crippen LogP contribution in [0.2, 0.25) is 0 Å². The van der Waals surface area contributed by atoms with Gasteiger partial charge in [-0.3, -0.25) is 4.99 Å². The van der Waals surface area contributed by atoms with Crippen molar-refractivity contribution in [1.29, 1.82) is 0 Å². The summed E-state index contributed by atoms with van der Waals surface area (Å²) < 4.78 is 2.14. The van der Waals surface area contributed by atoms with E-state index in [1.54, 1.807) is 0 Å². The molecule has 5 heteroatoms. The smallest absolute Gasteiger partial charge is 0.193 e. The molecule has 1 fully saturated rings. The fraction of sp³-hybridized carbons (Fsp3) is 0.667. The molecule has 17 heavy (non-hydrogen) atoms. The molecule has 0 radical (unpaired) electrons. The van der Waals surface area contributed by atoms with Gasteiger partial charge in [-0.05, 0) is 19.8 Å². The van der Waals surface area contributed by atoms with E-state index in [2.05, 4.69) is 24.8 Å². The van der Waals surface area contributed by atoms with Crippen LogP contribution in [0.5, 0.6) is 0 Å². The van der Waals surface area contributed by atoms with E-state index >= 15 is 0 Å². The molecular weight excluding hydrogens is 214 g/mol. The lowest BCUT2D eigenvalue weighted by Crippen LogP contribution is -2.40. The number of hydrogen-bond donors (Lipinski definition) is 1. The van der Waals surface area contributed by atoms with Crippen molar-refractivity contribution < 1.29 is 0 Å². The number of hydrogen-bond acceptors (Lipinski definition) is 2. The van der Waals surface area contributed by atoms with Gasteiger partial charge < -0.3 is 14.8 Å². The van der Waals surface area contributed by atoms with Crippen molar-refractivity contribution >= 4 is 5.96 Å². The van der Waals surface area contributed by atoms with Gasteiger partial charge in [0.25, 0.3) is 0 Å². The van der Waals surface area contributed by atoms with E-state index in [1.807, 2.05) is 26.4 Å². The van der Waals surface area contributed by atoms with Gasteiger partial charge in [0.05, 0.1) is 0 Å². The molecule has 1 N–H and O–H groups in total. The summed E-state index contributed by atoms with van der Waals surface area (Å²) in [6.07, 6.45) is 6.41. The van der Waals surface area contributed by atoms with E-state index < -0.39 is 0 Å². The number of aryl methyl sites for hydroxylation is 1. The molecule has 0 aliphatic carbocycles. The Labute approximate surface area is 103 Å². The minimum Gasteiger partial charge on any atom is -0.354 e. The summed E-state index contributed by atoms with van der Waals surface area (Å²) in [5, 5.41) is 3.40. The highest BCUT2D eigenvalue weighted by Crippen LogP contribution is 2.06. The molecule has 1 aliphatic heterocycles. The quantitative estimate of drug-likeness (QED) is 0.624. The summed E-state index contributed by atoms with van der Waals surface area (Å²) in [5.74, 6) is 2.09. The van der Waals surface area contributed by atoms with Crippen LogP contribution in [0.4, 0.5) is 0 Å². The van der Waals surface area contributed by atoms with Gasteiger partial charge in [-0.2, -0.15) is 0 Å². The number of imidazole rings is 1. The molecule has 1 aromatic rings. The second-order valence-corrected chi connectivity index (χ2v) is 4.34. The fourth-order valence-corrected chi connectivity index (χ4v) is 2.19. The van der Waals surface area contributed by atoms with Gasteiger partial charge in [-0.25, -0.2) is 4.98 Å². The normalized spacial score (nSPS) is 16.6. The molecule has 1 saturated heterocycles. The van der Waals surface area contributed by atoms with Crippen LogP contribution in [-0.2, 0) is 6.54 Å². The number of rotatable bonds is 3. The van der Waals surface area contributed by atoms with Gasteiger partial charge in [0.15, 0.2) is 5.96 Å². The molecule has 1 aliphatic rings. The van der Waals surface area contributed by atoms with E-state index in [-0.39, 0.29) is 0 Å². The highest BCUT2D eigenvalue weighted by atomic mass is 15.3. The van der Waals surface area contributed by atoms with E-state index in [0.717, 1.165) is 38.0 Å². The van der Waals surface area contributed by atoms with Crippen LogP contribution in [0.3, 0.4) is 0 Å². The Morgan fingerprint density at radius 3 is 2.82 bits per heavy atom. The van der Waals surface area contributed by atoms with Crippen molar-refractivity contribution in [3.05, 3.63) is 18.2 Å². The second kappa shape index (κ2) is 5.70. The Bertz CT molecular complexity index is 376. The summed E-state index contributed by atoms with van der Waals surface area (Å²) in [6.45, 7) is 6.10. The van der Waals surface area contributed by atoms with Crippen LogP contribution < -0.4 is 5.32 Å². The van der Waals surface area contributed by atoms with Crippen molar-refractivity contribution in [1.82, 2.24) is 19.8 Å². The third-order valence-corrected chi connectivity index (χ3v) is 3.18. The SMILES string of the molecule is CN=C(NCCn1ccnc1C)N1CCCC1. The molecule has 1 aromatic heterocycles. The number of likely N-dealkylation sites (tertiary alicyclic amines) is 1. The number of nitrogens with one attached hydrogen (secondary N) is 1. The second-order valence-electron chi connectivity index (χ2n) is 4.34. The Morgan fingerprint density at radius 1 is 1.47 bits per heavy atom. The van der Waals surface area contributed by atoms with Gasteiger partial charge >= 0.3 is 0 Å². The first-order chi connectivity index (χ1) is 8.31. The molecule has 94 valence electrons. The summed E-state index contributed by atoms with van der Waals surface area (Å²) in [4.78, 5) is 10.8. The zero-order valence-electron chi connectivity index (χ0n) is 10.7. The lowest BCUT2D eigenvalue weighted by Gasteiger charge is -2.20. The van der Waals surface area contributed by atoms with Crippen molar-refractivity contribution in [3.8, 4) is 0 Å². The Morgan fingerprint density at radius 2 is 2.24 bits per heavy atom. The monoisotopic (exact) mass is 235 g/mol. The molecule has 0 bridgehead atoms. The topological polar surface area (TPSA) is 45.5 Å². The maximum absolute atomic E-state index is 4.32. The summed E-state index contributed by atoms with van der Waals surface area (Å²) >= 11 is 0. The molecule has 2 heterocycles. The van der Waals surface area contributed by atoms with Crippen LogP contribution in [0, 0.1) is 6.92 Å². The molecule has 0 spiro atoms. The first-order valence-electron chi connectivity index (χ1n) is 6.24. The summed E-state index contributed by atoms with van der Waals surface area (Å²) in [5.41, 5.74) is 0. The molecule has 0 amide bonds. The third kappa shape index (κ3) is 2.99. The van der Waals surface area contributed by atoms with Crippen molar-refractivity contribution in [3.63, 3.8) is 0 Å². The average Bonchev–Trinajstić information content (AvgIpc) is 2.97. The predicted molar refractivity (Wildman–Crippen MR) is 69.1 cm³/mol. The van der Waals surface area contributed by atoms with Crippen molar-refractivity contribution in [2.75, 3.05) is 26.7 Å². The zero-order valence-corrected chi connectivity index (χ0v) is 10.7. The highest BCUT2D eigenvalue weighted by molar-refractivity contribution is 5.80. The predicted octanol–water partition coefficient (Wildman–Crippen LogP) is 0.863. The zero-order chi connectivity index (χ0) is 12.1. The summed E-state index contributed by atoms with van der Waals surface area (Å²) in [7, 11) is 1.85. The van der Waals surface area contributed by atoms with Crippen LogP contribution >= 0.6 is 0 Å². The lowest BCUT2D eigenvalue weighted by atomic mass is 10.4. The molecular formula is C12H21N5. The number of nitrogens with zero attached hydrogens (tertiary/aromatic N) is 4. The molecule has 0 saturated carbocycles. The standard InChI is InChI=1S/C12H21N5/c1-11-14-5-9-16(11)10-6-15-12(13-2)17-7-3-4-8-17/h5,9H,3-4,6-8,10H2,1-2H3,(H,13,15). The Kier molecular flexibility index (Phi) is 4.01. The van der Waals surface area contributed by atoms with Crippen molar-refractivity contribution in [2.45, 2.75) is 26.3 Å². The van der Waals surface area contributed by atoms with Gasteiger partial charge in [-0.1, -0.05) is 0 Å². The number of aliphatic imine (C=N–C) groups is 1. The van der Waals surface area contributed by atoms with Crippen molar-refractivity contribution in [2.24, 2.45) is 4.99 Å². The van der Waals surface area contributed by atoms with Crippen LogP contribution in [-0.4, -0.2) is 47.1 Å².